The molecule has 0 aliphatic carbocycles. The lowest BCUT2D eigenvalue weighted by Gasteiger charge is -2.10. The molecule has 4 aromatic carbocycles. The van der Waals surface area contributed by atoms with Gasteiger partial charge in [0.05, 0.1) is 18.8 Å². The van der Waals surface area contributed by atoms with Crippen LogP contribution >= 0.6 is 0 Å². The van der Waals surface area contributed by atoms with Crippen LogP contribution in [0, 0.1) is 18.8 Å². The molecule has 4 aromatic rings. The Morgan fingerprint density at radius 2 is 1.37 bits per heavy atom. The minimum absolute atomic E-state index is 0.0295. The van der Waals surface area contributed by atoms with E-state index in [1.165, 1.54) is 11.6 Å². The fourth-order valence-electron chi connectivity index (χ4n) is 3.91. The van der Waals surface area contributed by atoms with Crippen molar-refractivity contribution in [3.63, 3.8) is 0 Å². The number of ether oxygens (including phenoxy) is 2. The summed E-state index contributed by atoms with van der Waals surface area (Å²) in [4.78, 5) is 22.7. The molecule has 0 radical (unpaired) electrons. The number of aldehydes is 1. The molecule has 0 saturated carbocycles. The van der Waals surface area contributed by atoms with Crippen LogP contribution in [-0.4, -0.2) is 55.0 Å². The summed E-state index contributed by atoms with van der Waals surface area (Å²) in [5, 5.41) is 23.9. The van der Waals surface area contributed by atoms with Gasteiger partial charge >= 0.3 is 5.97 Å². The van der Waals surface area contributed by atoms with E-state index in [1.54, 1.807) is 12.1 Å². The maximum absolute atomic E-state index is 12.5. The molecule has 7 heteroatoms. The zero-order chi connectivity index (χ0) is 36.9. The van der Waals surface area contributed by atoms with Crippen LogP contribution in [0.4, 0.5) is 0 Å². The number of unbranched alkanes of at least 4 members (excludes halogenated alkanes) is 2. The van der Waals surface area contributed by atoms with Gasteiger partial charge in [0.15, 0.2) is 0 Å². The van der Waals surface area contributed by atoms with E-state index in [2.05, 4.69) is 18.4 Å². The highest BCUT2D eigenvalue weighted by molar-refractivity contribution is 5.97. The van der Waals surface area contributed by atoms with Crippen LogP contribution in [-0.2, 0) is 4.74 Å². The summed E-state index contributed by atoms with van der Waals surface area (Å²) in [5.41, 5.74) is 5.59. The summed E-state index contributed by atoms with van der Waals surface area (Å²) in [6.45, 7) is 12.8. The van der Waals surface area contributed by atoms with E-state index >= 15 is 0 Å². The van der Waals surface area contributed by atoms with Gasteiger partial charge in [-0.25, -0.2) is 4.79 Å². The molecule has 0 fully saturated rings. The van der Waals surface area contributed by atoms with Gasteiger partial charge in [0.25, 0.3) is 0 Å². The fraction of sp³-hybridized carbons (Fsp3) is 0.286. The molecule has 0 unspecified atom stereocenters. The molecule has 0 spiro atoms. The number of hydrogen-bond donors (Lipinski definition) is 3. The van der Waals surface area contributed by atoms with Gasteiger partial charge in [0.1, 0.15) is 17.8 Å². The van der Waals surface area contributed by atoms with Crippen LogP contribution in [0.5, 0.6) is 11.5 Å². The summed E-state index contributed by atoms with van der Waals surface area (Å²) in [5.74, 6) is 6.76. The molecule has 0 bridgehead atoms. The van der Waals surface area contributed by atoms with Crippen molar-refractivity contribution in [3.05, 3.63) is 131 Å². The minimum Gasteiger partial charge on any atom is -0.508 e. The number of aryl methyl sites for hydroxylation is 1. The molecule has 4 rings (SSSR count). The highest BCUT2D eigenvalue weighted by atomic mass is 16.5. The van der Waals surface area contributed by atoms with Gasteiger partial charge in [-0.05, 0) is 91.9 Å². The maximum Gasteiger partial charge on any atom is 0.338 e. The Morgan fingerprint density at radius 3 is 1.90 bits per heavy atom. The minimum atomic E-state index is -0.434. The van der Waals surface area contributed by atoms with Crippen LogP contribution in [0.25, 0.3) is 11.1 Å². The number of carbonyl (C=O) groups is 2. The molecule has 0 amide bonds. The predicted molar refractivity (Wildman–Crippen MR) is 200 cm³/mol. The van der Waals surface area contributed by atoms with E-state index < -0.39 is 5.97 Å². The van der Waals surface area contributed by atoms with E-state index in [0.717, 1.165) is 74.2 Å². The molecular formula is C42H52O7. The maximum atomic E-state index is 12.5. The number of esters is 1. The van der Waals surface area contributed by atoms with Crippen LogP contribution in [0.1, 0.15) is 83.9 Å². The first-order valence-electron chi connectivity index (χ1n) is 16.3. The van der Waals surface area contributed by atoms with Gasteiger partial charge < -0.3 is 24.8 Å². The second-order valence-electron chi connectivity index (χ2n) is 9.88. The van der Waals surface area contributed by atoms with E-state index in [9.17, 15) is 14.7 Å². The Kier molecular flexibility index (Phi) is 25.0. The van der Waals surface area contributed by atoms with Gasteiger partial charge in [0.2, 0.25) is 0 Å². The molecule has 0 aliphatic heterocycles. The number of hydrogen-bond acceptors (Lipinski definition) is 7. The van der Waals surface area contributed by atoms with Crippen molar-refractivity contribution >= 4 is 12.3 Å². The first-order chi connectivity index (χ1) is 23.9. The van der Waals surface area contributed by atoms with E-state index in [-0.39, 0.29) is 5.75 Å². The third-order valence-electron chi connectivity index (χ3n) is 6.39. The number of aliphatic hydroxyl groups is 2. The van der Waals surface area contributed by atoms with Crippen LogP contribution in [0.15, 0.2) is 104 Å². The second-order valence-corrected chi connectivity index (χ2v) is 9.88. The highest BCUT2D eigenvalue weighted by Gasteiger charge is 2.15. The topological polar surface area (TPSA) is 113 Å². The quantitative estimate of drug-likeness (QED) is 0.0481. The third kappa shape index (κ3) is 17.5. The number of benzene rings is 4. The van der Waals surface area contributed by atoms with Gasteiger partial charge in [-0.2, -0.15) is 0 Å². The summed E-state index contributed by atoms with van der Waals surface area (Å²) < 4.78 is 11.1. The molecular weight excluding hydrogens is 616 g/mol. The van der Waals surface area contributed by atoms with Crippen molar-refractivity contribution in [3.8, 4) is 34.5 Å². The van der Waals surface area contributed by atoms with Crippen LogP contribution < -0.4 is 4.74 Å². The van der Waals surface area contributed by atoms with Gasteiger partial charge in [-0.15, -0.1) is 6.58 Å². The monoisotopic (exact) mass is 668 g/mol. The fourth-order valence-corrected chi connectivity index (χ4v) is 3.91. The van der Waals surface area contributed by atoms with Crippen molar-refractivity contribution < 1.29 is 34.4 Å². The average molecular weight is 669 g/mol. The number of allylic oxidation sites excluding steroid dienone is 1. The average Bonchev–Trinajstić information content (AvgIpc) is 3.16. The second kappa shape index (κ2) is 27.9. The Balaban J connectivity index is 0.00000129. The Bertz CT molecular complexity index is 1530. The molecule has 0 heterocycles. The normalized spacial score (nSPS) is 9.06. The molecule has 7 nitrogen and oxygen atoms in total. The molecule has 0 aromatic heterocycles. The van der Waals surface area contributed by atoms with Gasteiger partial charge in [-0.1, -0.05) is 87.1 Å². The lowest BCUT2D eigenvalue weighted by Crippen LogP contribution is -2.08. The standard InChI is InChI=1S/C30H30O4.C8H8O.C2H6.2CH4O/c1-3-5-7-21-33-27-17-12-24(13-18-27)9-8-23-10-14-25(15-11-23)28-19-16-26(31)22-29(28)30(32)34-20-6-4-2;1-7-2-4-8(6-9)5-3-7;3*1-2/h3,10-19,22,31H,1,4-7,20-21H2,2H3;2-6H,1H3;1-2H3;2*2H,1H3. The summed E-state index contributed by atoms with van der Waals surface area (Å²) in [6.07, 6.45) is 6.38. The van der Waals surface area contributed by atoms with Gasteiger partial charge in [0, 0.05) is 30.9 Å². The zero-order valence-corrected chi connectivity index (χ0v) is 29.7. The van der Waals surface area contributed by atoms with Crippen molar-refractivity contribution in [1.29, 1.82) is 0 Å². The van der Waals surface area contributed by atoms with Crippen LogP contribution in [0.2, 0.25) is 0 Å². The Labute approximate surface area is 292 Å². The predicted octanol–water partition coefficient (Wildman–Crippen LogP) is 8.81. The first kappa shape index (κ1) is 43.8. The molecule has 49 heavy (non-hydrogen) atoms. The van der Waals surface area contributed by atoms with Crippen molar-refractivity contribution in [2.75, 3.05) is 27.4 Å². The third-order valence-corrected chi connectivity index (χ3v) is 6.39. The summed E-state index contributed by atoms with van der Waals surface area (Å²) >= 11 is 0. The molecule has 0 aliphatic rings. The smallest absolute Gasteiger partial charge is 0.338 e. The molecule has 0 atom stereocenters. The molecule has 3 N–H and O–H groups in total. The summed E-state index contributed by atoms with van der Waals surface area (Å²) in [7, 11) is 2.00. The van der Waals surface area contributed by atoms with Gasteiger partial charge in [-0.3, -0.25) is 4.79 Å². The first-order valence-corrected chi connectivity index (χ1v) is 16.3. The number of rotatable bonds is 11. The SMILES string of the molecule is C=CCCCOc1ccc(C#Cc2ccc(-c3ccc(O)cc3C(=O)OCCCC)cc2)cc1.CC.CO.CO.Cc1ccc(C=O)cc1. The Hall–Kier alpha value is -5.16. The van der Waals surface area contributed by atoms with E-state index in [4.69, 9.17) is 19.7 Å². The zero-order valence-electron chi connectivity index (χ0n) is 29.7. The molecule has 262 valence electrons. The lowest BCUT2D eigenvalue weighted by atomic mass is 9.98. The van der Waals surface area contributed by atoms with Crippen molar-refractivity contribution in [1.82, 2.24) is 0 Å². The van der Waals surface area contributed by atoms with Crippen molar-refractivity contribution in [2.24, 2.45) is 0 Å². The largest absolute Gasteiger partial charge is 0.508 e. The number of phenols is 1. The summed E-state index contributed by atoms with van der Waals surface area (Å²) in [6, 6.07) is 27.6. The number of carbonyl (C=O) groups excluding carboxylic acids is 2. The molecule has 0 saturated heterocycles. The number of aromatic hydroxyl groups is 1. The van der Waals surface area contributed by atoms with E-state index in [1.807, 2.05) is 107 Å². The van der Waals surface area contributed by atoms with Crippen LogP contribution in [0.3, 0.4) is 0 Å². The van der Waals surface area contributed by atoms with Crippen molar-refractivity contribution in [2.45, 2.75) is 53.4 Å². The highest BCUT2D eigenvalue weighted by Crippen LogP contribution is 2.28. The van der Waals surface area contributed by atoms with E-state index in [0.29, 0.717) is 24.3 Å². The number of phenolic OH excluding ortho intramolecular Hbond substituents is 1. The Morgan fingerprint density at radius 1 is 0.796 bits per heavy atom. The number of aliphatic hydroxyl groups excluding tert-OH is 2. The lowest BCUT2D eigenvalue weighted by molar-refractivity contribution is 0.0500.